The summed E-state index contributed by atoms with van der Waals surface area (Å²) in [5, 5.41) is 0. The summed E-state index contributed by atoms with van der Waals surface area (Å²) >= 11 is 0. The first-order valence-electron chi connectivity index (χ1n) is 2.74. The van der Waals surface area contributed by atoms with Gasteiger partial charge in [0, 0.05) is 6.92 Å². The van der Waals surface area contributed by atoms with Gasteiger partial charge in [-0.2, -0.15) is 0 Å². The van der Waals surface area contributed by atoms with Crippen molar-refractivity contribution in [1.29, 1.82) is 0 Å². The maximum atomic E-state index is 10.5. The molecule has 0 amide bonds. The van der Waals surface area contributed by atoms with Crippen LogP contribution in [0, 0.1) is 0 Å². The van der Waals surface area contributed by atoms with Crippen molar-refractivity contribution in [2.75, 3.05) is 6.61 Å². The topological polar surface area (TPSA) is 75.7 Å². The summed E-state index contributed by atoms with van der Waals surface area (Å²) in [5.74, 6) is -0.924. The second-order valence-corrected chi connectivity index (χ2v) is 2.95. The quantitative estimate of drug-likeness (QED) is 0.290. The van der Waals surface area contributed by atoms with Crippen molar-refractivity contribution in [1.82, 2.24) is 0 Å². The Kier molecular flexibility index (Phi) is 9.54. The zero-order chi connectivity index (χ0) is 8.91. The second kappa shape index (κ2) is 7.40. The zero-order valence-corrected chi connectivity index (χ0v) is 11.0. The molecule has 1 unspecified atom stereocenters. The van der Waals surface area contributed by atoms with Crippen LogP contribution in [0.4, 0.5) is 0 Å². The van der Waals surface area contributed by atoms with E-state index in [1.54, 1.807) is 0 Å². The van der Waals surface area contributed by atoms with Gasteiger partial charge in [0.05, 0.1) is 6.61 Å². The molecule has 0 radical (unpaired) electrons. The van der Waals surface area contributed by atoms with E-state index in [2.05, 4.69) is 15.6 Å². The van der Waals surface area contributed by atoms with E-state index in [0.717, 1.165) is 6.92 Å². The van der Waals surface area contributed by atoms with E-state index >= 15 is 0 Å². The van der Waals surface area contributed by atoms with Crippen molar-refractivity contribution >= 4 is 13.8 Å². The van der Waals surface area contributed by atoms with Gasteiger partial charge in [0.25, 0.3) is 0 Å². The minimum atomic E-state index is -4.44. The maximum Gasteiger partial charge on any atom is 1.00 e. The zero-order valence-electron chi connectivity index (χ0n) is 6.98. The monoisotopic (exact) mass is 218 g/mol. The van der Waals surface area contributed by atoms with Crippen LogP contribution < -0.4 is 56.3 Å². The number of hydrogen-bond donors (Lipinski definition) is 0. The largest absolute Gasteiger partial charge is 1.00 e. The van der Waals surface area contributed by atoms with Crippen molar-refractivity contribution in [3.8, 4) is 0 Å². The van der Waals surface area contributed by atoms with Crippen LogP contribution in [0.5, 0.6) is 0 Å². The van der Waals surface area contributed by atoms with Crippen LogP contribution >= 0.6 is 7.82 Å². The summed E-state index contributed by atoms with van der Waals surface area (Å²) in [6.07, 6.45) is 1.23. The smallest absolute Gasteiger partial charge is 0.746 e. The normalized spacial score (nSPS) is 13.8. The van der Waals surface area contributed by atoms with Gasteiger partial charge in [0.2, 0.25) is 0 Å². The third-order valence-corrected chi connectivity index (χ3v) is 1.54. The second-order valence-electron chi connectivity index (χ2n) is 1.61. The molecule has 0 aliphatic carbocycles. The number of carbonyl (C=O) groups excluding carboxylic acids is 1. The van der Waals surface area contributed by atoms with E-state index < -0.39 is 13.8 Å². The van der Waals surface area contributed by atoms with Crippen LogP contribution in [0.3, 0.4) is 0 Å². The Hall–Kier alpha value is 0.996. The van der Waals surface area contributed by atoms with Gasteiger partial charge in [0.15, 0.2) is 0 Å². The average molecular weight is 218 g/mol. The molecule has 0 N–H and O–H groups in total. The molecule has 0 aromatic rings. The Bertz CT molecular complexity index is 204. The molecule has 0 bridgehead atoms. The molecular formula is C5H8KO5P. The summed E-state index contributed by atoms with van der Waals surface area (Å²) in [7, 11) is -4.44. The van der Waals surface area contributed by atoms with Gasteiger partial charge in [-0.25, -0.2) is 0 Å². The Balaban J connectivity index is 0. The summed E-state index contributed by atoms with van der Waals surface area (Å²) in [5.41, 5.74) is 0. The Labute approximate surface area is 113 Å². The van der Waals surface area contributed by atoms with E-state index in [1.165, 1.54) is 6.08 Å². The first-order chi connectivity index (χ1) is 4.98. The SMILES string of the molecule is C=CCOP(=O)([O-])OC(C)=O.[K+]. The van der Waals surface area contributed by atoms with Crippen LogP contribution in [0.2, 0.25) is 0 Å². The molecule has 0 heterocycles. The molecule has 0 aromatic heterocycles. The molecule has 0 aliphatic rings. The number of carbonyl (C=O) groups is 1. The Morgan fingerprint density at radius 2 is 2.25 bits per heavy atom. The van der Waals surface area contributed by atoms with Gasteiger partial charge in [-0.15, -0.1) is 6.58 Å². The van der Waals surface area contributed by atoms with E-state index in [1.807, 2.05) is 0 Å². The van der Waals surface area contributed by atoms with Crippen molar-refractivity contribution in [2.24, 2.45) is 0 Å². The van der Waals surface area contributed by atoms with Crippen LogP contribution in [-0.2, 0) is 18.4 Å². The third kappa shape index (κ3) is 9.09. The van der Waals surface area contributed by atoms with Gasteiger partial charge in [-0.1, -0.05) is 6.08 Å². The van der Waals surface area contributed by atoms with E-state index in [4.69, 9.17) is 0 Å². The molecule has 12 heavy (non-hydrogen) atoms. The fraction of sp³-hybridized carbons (Fsp3) is 0.400. The number of hydrogen-bond acceptors (Lipinski definition) is 5. The number of phosphoric acid groups is 1. The molecule has 64 valence electrons. The van der Waals surface area contributed by atoms with E-state index in [0.29, 0.717) is 0 Å². The third-order valence-electron chi connectivity index (χ3n) is 0.591. The molecule has 0 rings (SSSR count). The fourth-order valence-electron chi connectivity index (χ4n) is 0.328. The van der Waals surface area contributed by atoms with Gasteiger partial charge in [-0.3, -0.25) is 9.36 Å². The number of phosphoric ester groups is 1. The van der Waals surface area contributed by atoms with Crippen molar-refractivity contribution in [3.63, 3.8) is 0 Å². The van der Waals surface area contributed by atoms with E-state index in [9.17, 15) is 14.3 Å². The Morgan fingerprint density at radius 1 is 1.75 bits per heavy atom. The van der Waals surface area contributed by atoms with Crippen molar-refractivity contribution in [2.45, 2.75) is 6.92 Å². The van der Waals surface area contributed by atoms with Gasteiger partial charge in [-0.05, 0) is 0 Å². The van der Waals surface area contributed by atoms with Gasteiger partial charge < -0.3 is 13.9 Å². The standard InChI is InChI=1S/C5H9O5P.K/c1-3-4-9-11(7,8)10-5(2)6;/h3H,1,4H2,2H3,(H,7,8);/q;+1/p-1. The van der Waals surface area contributed by atoms with Crippen molar-refractivity contribution < 1.29 is 74.7 Å². The molecule has 0 saturated carbocycles. The minimum absolute atomic E-state index is 0. The molecule has 1 atom stereocenters. The first kappa shape index (κ1) is 15.5. The molecule has 0 aromatic carbocycles. The van der Waals surface area contributed by atoms with Gasteiger partial charge in [0.1, 0.15) is 0 Å². The molecule has 5 nitrogen and oxygen atoms in total. The van der Waals surface area contributed by atoms with Crippen LogP contribution in [-0.4, -0.2) is 12.6 Å². The minimum Gasteiger partial charge on any atom is -0.746 e. The number of rotatable bonds is 4. The molecule has 0 saturated heterocycles. The molecule has 0 fully saturated rings. The van der Waals surface area contributed by atoms with Crippen LogP contribution in [0.15, 0.2) is 12.7 Å². The van der Waals surface area contributed by atoms with E-state index in [-0.39, 0.29) is 58.0 Å². The average Bonchev–Trinajstić information content (AvgIpc) is 1.81. The summed E-state index contributed by atoms with van der Waals surface area (Å²) < 4.78 is 18.5. The predicted molar refractivity (Wildman–Crippen MR) is 35.5 cm³/mol. The molecular weight excluding hydrogens is 210 g/mol. The van der Waals surface area contributed by atoms with Crippen LogP contribution in [0.25, 0.3) is 0 Å². The Morgan fingerprint density at radius 3 is 2.58 bits per heavy atom. The maximum absolute atomic E-state index is 10.5. The summed E-state index contributed by atoms with van der Waals surface area (Å²) in [6.45, 7) is 3.99. The first-order valence-corrected chi connectivity index (χ1v) is 4.20. The molecule has 0 aliphatic heterocycles. The fourth-order valence-corrected chi connectivity index (χ4v) is 0.983. The molecule has 0 spiro atoms. The summed E-state index contributed by atoms with van der Waals surface area (Å²) in [4.78, 5) is 20.6. The summed E-state index contributed by atoms with van der Waals surface area (Å²) in [6, 6.07) is 0. The van der Waals surface area contributed by atoms with Crippen molar-refractivity contribution in [3.05, 3.63) is 12.7 Å². The van der Waals surface area contributed by atoms with Crippen LogP contribution in [0.1, 0.15) is 6.92 Å². The molecule has 7 heteroatoms. The van der Waals surface area contributed by atoms with Gasteiger partial charge >= 0.3 is 65.2 Å². The predicted octanol–water partition coefficient (Wildman–Crippen LogP) is -2.78.